The molecule has 2 aromatic rings. The van der Waals surface area contributed by atoms with E-state index in [1.165, 1.54) is 29.6 Å². The fraction of sp³-hybridized carbons (Fsp3) is 0.368. The summed E-state index contributed by atoms with van der Waals surface area (Å²) in [4.78, 5) is 9.90. The van der Waals surface area contributed by atoms with Gasteiger partial charge in [0, 0.05) is 25.2 Å². The highest BCUT2D eigenvalue weighted by atomic mass is 32.2. The highest BCUT2D eigenvalue weighted by molar-refractivity contribution is 7.92. The van der Waals surface area contributed by atoms with Gasteiger partial charge in [-0.2, -0.15) is 4.31 Å². The van der Waals surface area contributed by atoms with Crippen molar-refractivity contribution in [2.24, 2.45) is 0 Å². The number of methoxy groups -OCH3 is 1. The van der Waals surface area contributed by atoms with Gasteiger partial charge in [0.2, 0.25) is 10.0 Å². The molecule has 3 rings (SSSR count). The second kappa shape index (κ2) is 9.20. The summed E-state index contributed by atoms with van der Waals surface area (Å²) in [6.45, 7) is 0.830. The predicted molar refractivity (Wildman–Crippen MR) is 114 cm³/mol. The summed E-state index contributed by atoms with van der Waals surface area (Å²) in [5.74, 6) is 0.139. The number of rotatable bonds is 7. The van der Waals surface area contributed by atoms with Crippen molar-refractivity contribution >= 4 is 31.4 Å². The summed E-state index contributed by atoms with van der Waals surface area (Å²) in [5, 5.41) is 10.8. The van der Waals surface area contributed by atoms with Gasteiger partial charge in [-0.05, 0) is 43.2 Å². The van der Waals surface area contributed by atoms with Gasteiger partial charge in [-0.1, -0.05) is 12.8 Å². The number of nitro benzene ring substituents is 1. The molecule has 0 saturated carbocycles. The molecule has 0 aliphatic carbocycles. The maximum atomic E-state index is 13.1. The van der Waals surface area contributed by atoms with Gasteiger partial charge in [0.25, 0.3) is 15.7 Å². The van der Waals surface area contributed by atoms with Crippen molar-refractivity contribution in [3.8, 4) is 5.75 Å². The van der Waals surface area contributed by atoms with Crippen LogP contribution in [-0.2, 0) is 20.0 Å². The van der Waals surface area contributed by atoms with Crippen LogP contribution in [0.5, 0.6) is 5.75 Å². The third kappa shape index (κ3) is 5.14. The molecule has 168 valence electrons. The molecular weight excluding hydrogens is 446 g/mol. The van der Waals surface area contributed by atoms with Gasteiger partial charge in [0.1, 0.15) is 5.75 Å². The van der Waals surface area contributed by atoms with Crippen LogP contribution >= 0.6 is 0 Å². The maximum Gasteiger partial charge on any atom is 0.269 e. The van der Waals surface area contributed by atoms with Gasteiger partial charge in [0.05, 0.1) is 27.5 Å². The summed E-state index contributed by atoms with van der Waals surface area (Å²) in [5.41, 5.74) is -0.293. The molecule has 10 nitrogen and oxygen atoms in total. The molecule has 0 unspecified atom stereocenters. The lowest BCUT2D eigenvalue weighted by Gasteiger charge is -2.21. The average molecular weight is 470 g/mol. The van der Waals surface area contributed by atoms with Crippen molar-refractivity contribution in [2.75, 3.05) is 24.9 Å². The molecule has 2 aromatic carbocycles. The summed E-state index contributed by atoms with van der Waals surface area (Å²) in [6.07, 6.45) is 3.48. The quantitative estimate of drug-likeness (QED) is 0.486. The van der Waals surface area contributed by atoms with E-state index < -0.39 is 25.0 Å². The molecule has 0 spiro atoms. The summed E-state index contributed by atoms with van der Waals surface area (Å²) in [7, 11) is -6.61. The summed E-state index contributed by atoms with van der Waals surface area (Å²) < 4.78 is 60.6. The number of nitrogens with zero attached hydrogens (tertiary/aromatic N) is 2. The summed E-state index contributed by atoms with van der Waals surface area (Å²) >= 11 is 0. The van der Waals surface area contributed by atoms with Crippen molar-refractivity contribution in [3.63, 3.8) is 0 Å². The molecule has 1 heterocycles. The van der Waals surface area contributed by atoms with Gasteiger partial charge in [-0.15, -0.1) is 0 Å². The van der Waals surface area contributed by atoms with E-state index in [0.29, 0.717) is 13.1 Å². The molecular formula is C19H23N3O7S2. The Bertz CT molecular complexity index is 1160. The van der Waals surface area contributed by atoms with E-state index in [2.05, 4.69) is 4.72 Å². The molecule has 12 heteroatoms. The normalized spacial score (nSPS) is 15.8. The number of hydrogen-bond acceptors (Lipinski definition) is 7. The number of ether oxygens (including phenoxy) is 1. The standard InChI is InChI=1S/C19H23N3O7S2/c1-29-19-11-10-17(31(27,28)21-12-4-2-3-5-13-21)14-18(19)20-30(25,26)16-8-6-15(7-9-16)22(23)24/h6-11,14,20H,2-5,12-13H2,1H3. The molecule has 0 bridgehead atoms. The van der Waals surface area contributed by atoms with Crippen LogP contribution < -0.4 is 9.46 Å². The molecule has 0 radical (unpaired) electrons. The van der Waals surface area contributed by atoms with Crippen LogP contribution in [-0.4, -0.2) is 46.3 Å². The van der Waals surface area contributed by atoms with Crippen LogP contribution in [0, 0.1) is 10.1 Å². The van der Waals surface area contributed by atoms with Crippen LogP contribution in [0.25, 0.3) is 0 Å². The highest BCUT2D eigenvalue weighted by Gasteiger charge is 2.27. The Labute approximate surface area is 181 Å². The van der Waals surface area contributed by atoms with E-state index in [0.717, 1.165) is 49.9 Å². The number of hydrogen-bond donors (Lipinski definition) is 1. The van der Waals surface area contributed by atoms with Crippen molar-refractivity contribution in [1.29, 1.82) is 0 Å². The Kier molecular flexibility index (Phi) is 6.82. The Morgan fingerprint density at radius 3 is 2.06 bits per heavy atom. The molecule has 0 aromatic heterocycles. The van der Waals surface area contributed by atoms with Crippen LogP contribution in [0.1, 0.15) is 25.7 Å². The zero-order chi connectivity index (χ0) is 22.6. The van der Waals surface area contributed by atoms with E-state index in [4.69, 9.17) is 4.74 Å². The summed E-state index contributed by atoms with van der Waals surface area (Å²) in [6, 6.07) is 8.34. The molecule has 0 amide bonds. The zero-order valence-electron chi connectivity index (χ0n) is 16.9. The second-order valence-electron chi connectivity index (χ2n) is 7.04. The first-order chi connectivity index (χ1) is 14.6. The first-order valence-electron chi connectivity index (χ1n) is 9.60. The van der Waals surface area contributed by atoms with Crippen LogP contribution in [0.15, 0.2) is 52.3 Å². The third-order valence-electron chi connectivity index (χ3n) is 4.98. The lowest BCUT2D eigenvalue weighted by molar-refractivity contribution is -0.384. The van der Waals surface area contributed by atoms with E-state index >= 15 is 0 Å². The number of nitro groups is 1. The minimum Gasteiger partial charge on any atom is -0.495 e. The Morgan fingerprint density at radius 1 is 0.935 bits per heavy atom. The van der Waals surface area contributed by atoms with Crippen LogP contribution in [0.3, 0.4) is 0 Å². The molecule has 1 N–H and O–H groups in total. The van der Waals surface area contributed by atoms with Gasteiger partial charge in [-0.3, -0.25) is 14.8 Å². The Morgan fingerprint density at radius 2 is 1.52 bits per heavy atom. The first kappa shape index (κ1) is 23.0. The number of nitrogens with one attached hydrogen (secondary N) is 1. The molecule has 1 saturated heterocycles. The van der Waals surface area contributed by atoms with Gasteiger partial charge < -0.3 is 4.74 Å². The predicted octanol–water partition coefficient (Wildman–Crippen LogP) is 2.97. The molecule has 1 fully saturated rings. The van der Waals surface area contributed by atoms with E-state index in [9.17, 15) is 26.9 Å². The topological polar surface area (TPSA) is 136 Å². The SMILES string of the molecule is COc1ccc(S(=O)(=O)N2CCCCCC2)cc1NS(=O)(=O)c1ccc([N+](=O)[O-])cc1. The molecule has 0 atom stereocenters. The molecule has 1 aliphatic rings. The number of non-ortho nitro benzene ring substituents is 1. The van der Waals surface area contributed by atoms with Gasteiger partial charge in [-0.25, -0.2) is 16.8 Å². The highest BCUT2D eigenvalue weighted by Crippen LogP contribution is 2.31. The van der Waals surface area contributed by atoms with Crippen LogP contribution in [0.2, 0.25) is 0 Å². The lowest BCUT2D eigenvalue weighted by Crippen LogP contribution is -2.32. The van der Waals surface area contributed by atoms with E-state index in [-0.39, 0.29) is 26.9 Å². The Balaban J connectivity index is 1.94. The molecule has 31 heavy (non-hydrogen) atoms. The van der Waals surface area contributed by atoms with E-state index in [1.807, 2.05) is 0 Å². The minimum atomic E-state index is -4.14. The van der Waals surface area contributed by atoms with Crippen molar-refractivity contribution < 1.29 is 26.5 Å². The van der Waals surface area contributed by atoms with Gasteiger partial charge in [0.15, 0.2) is 0 Å². The Hall–Kier alpha value is -2.70. The van der Waals surface area contributed by atoms with E-state index in [1.54, 1.807) is 0 Å². The average Bonchev–Trinajstić information content (AvgIpc) is 3.03. The number of anilines is 1. The first-order valence-corrected chi connectivity index (χ1v) is 12.5. The minimum absolute atomic E-state index is 0.0447. The number of sulfonamides is 2. The zero-order valence-corrected chi connectivity index (χ0v) is 18.5. The van der Waals surface area contributed by atoms with Gasteiger partial charge >= 0.3 is 0 Å². The fourth-order valence-corrected chi connectivity index (χ4v) is 5.91. The van der Waals surface area contributed by atoms with Crippen molar-refractivity contribution in [2.45, 2.75) is 35.5 Å². The second-order valence-corrected chi connectivity index (χ2v) is 10.7. The largest absolute Gasteiger partial charge is 0.495 e. The monoisotopic (exact) mass is 469 g/mol. The third-order valence-corrected chi connectivity index (χ3v) is 8.25. The van der Waals surface area contributed by atoms with Crippen molar-refractivity contribution in [1.82, 2.24) is 4.31 Å². The number of benzene rings is 2. The maximum absolute atomic E-state index is 13.1. The van der Waals surface area contributed by atoms with Crippen molar-refractivity contribution in [3.05, 3.63) is 52.6 Å². The fourth-order valence-electron chi connectivity index (χ4n) is 3.31. The molecule has 1 aliphatic heterocycles. The van der Waals surface area contributed by atoms with Crippen LogP contribution in [0.4, 0.5) is 11.4 Å². The lowest BCUT2D eigenvalue weighted by atomic mass is 10.2. The smallest absolute Gasteiger partial charge is 0.269 e.